The van der Waals surface area contributed by atoms with Gasteiger partial charge in [0, 0.05) is 38.1 Å². The van der Waals surface area contributed by atoms with E-state index in [-0.39, 0.29) is 32.5 Å². The molecule has 0 rings (SSSR count). The molecule has 7 heteroatoms. The first kappa shape index (κ1) is 23.2. The third-order valence-corrected chi connectivity index (χ3v) is 0. The maximum absolute atomic E-state index is 7.79. The molecule has 3 N–H and O–H groups in total. The standard InChI is InChI=1S/3C2H4OS.Cr/c3*1-2(3)4;/h3*1H3,(H,3,4);. The van der Waals surface area contributed by atoms with Gasteiger partial charge in [-0.3, -0.25) is 0 Å². The number of thiocarbonyl (C=S) groups is 3. The molecule has 78 valence electrons. The third-order valence-electron chi connectivity index (χ3n) is 0. The Morgan fingerprint density at radius 3 is 0.692 bits per heavy atom. The SMILES string of the molecule is CC(O)=S.CC(O)=S.CC(O)=S.[Cr]. The predicted molar refractivity (Wildman–Crippen MR) is 62.7 cm³/mol. The molecule has 0 aromatic carbocycles. The molecule has 0 aliphatic carbocycles. The Bertz CT molecular complexity index is 121. The zero-order chi connectivity index (χ0) is 10.7. The molecular weight excluding hydrogens is 268 g/mol. The summed E-state index contributed by atoms with van der Waals surface area (Å²) in [5.41, 5.74) is 0. The smallest absolute Gasteiger partial charge is 0.153 e. The van der Waals surface area contributed by atoms with E-state index in [4.69, 9.17) is 15.3 Å². The normalized spacial score (nSPS) is 5.77. The van der Waals surface area contributed by atoms with Crippen LogP contribution in [0.2, 0.25) is 0 Å². The van der Waals surface area contributed by atoms with Crippen molar-refractivity contribution in [2.24, 2.45) is 0 Å². The van der Waals surface area contributed by atoms with Gasteiger partial charge in [-0.05, 0) is 36.7 Å². The van der Waals surface area contributed by atoms with Gasteiger partial charge in [0.05, 0.1) is 0 Å². The van der Waals surface area contributed by atoms with E-state index in [2.05, 4.69) is 36.7 Å². The van der Waals surface area contributed by atoms with Crippen LogP contribution < -0.4 is 0 Å². The molecule has 0 unspecified atom stereocenters. The van der Waals surface area contributed by atoms with Gasteiger partial charge in [-0.2, -0.15) is 0 Å². The van der Waals surface area contributed by atoms with Crippen molar-refractivity contribution in [3.63, 3.8) is 0 Å². The maximum Gasteiger partial charge on any atom is 0.153 e. The van der Waals surface area contributed by atoms with Crippen LogP contribution in [0.25, 0.3) is 0 Å². The molecule has 0 bridgehead atoms. The number of rotatable bonds is 0. The Hall–Kier alpha value is 0.202. The molecule has 0 fully saturated rings. The number of hydrogen-bond acceptors (Lipinski definition) is 3. The van der Waals surface area contributed by atoms with Crippen molar-refractivity contribution in [3.8, 4) is 0 Å². The van der Waals surface area contributed by atoms with Crippen LogP contribution in [-0.4, -0.2) is 30.5 Å². The van der Waals surface area contributed by atoms with Crippen LogP contribution in [0.5, 0.6) is 0 Å². The van der Waals surface area contributed by atoms with Crippen LogP contribution in [0.4, 0.5) is 0 Å². The molecule has 0 atom stereocenters. The van der Waals surface area contributed by atoms with E-state index < -0.39 is 0 Å². The number of aliphatic hydroxyl groups is 3. The van der Waals surface area contributed by atoms with E-state index in [1.807, 2.05) is 0 Å². The van der Waals surface area contributed by atoms with Crippen molar-refractivity contribution >= 4 is 51.8 Å². The van der Waals surface area contributed by atoms with Crippen LogP contribution >= 0.6 is 36.7 Å². The average molecular weight is 280 g/mol. The van der Waals surface area contributed by atoms with Crippen molar-refractivity contribution in [1.82, 2.24) is 0 Å². The minimum Gasteiger partial charge on any atom is -0.502 e. The summed E-state index contributed by atoms with van der Waals surface area (Å²) in [6, 6.07) is 0. The molecule has 0 amide bonds. The van der Waals surface area contributed by atoms with E-state index in [9.17, 15) is 0 Å². The van der Waals surface area contributed by atoms with Crippen molar-refractivity contribution in [3.05, 3.63) is 0 Å². The monoisotopic (exact) mass is 280 g/mol. The molecule has 3 nitrogen and oxygen atoms in total. The Kier molecular flexibility index (Phi) is 32.3. The van der Waals surface area contributed by atoms with Crippen molar-refractivity contribution in [2.45, 2.75) is 20.8 Å². The predicted octanol–water partition coefficient (Wildman–Crippen LogP) is 2.67. The molecule has 0 aliphatic rings. The minimum absolute atomic E-state index is 0. The number of aliphatic hydroxyl groups excluding tert-OH is 3. The first-order valence-electron chi connectivity index (χ1n) is 2.78. The van der Waals surface area contributed by atoms with Crippen LogP contribution in [0, 0.1) is 0 Å². The first-order valence-corrected chi connectivity index (χ1v) is 4.01. The van der Waals surface area contributed by atoms with E-state index in [1.165, 1.54) is 20.8 Å². The first-order chi connectivity index (χ1) is 5.20. The van der Waals surface area contributed by atoms with Gasteiger partial charge in [0.15, 0.2) is 15.2 Å². The molecule has 0 aromatic heterocycles. The summed E-state index contributed by atoms with van der Waals surface area (Å²) in [5, 5.41) is 23.4. The van der Waals surface area contributed by atoms with E-state index in [1.54, 1.807) is 0 Å². The fraction of sp³-hybridized carbons (Fsp3) is 0.500. The van der Waals surface area contributed by atoms with E-state index >= 15 is 0 Å². The quantitative estimate of drug-likeness (QED) is 0.593. The van der Waals surface area contributed by atoms with E-state index in [0.717, 1.165) is 0 Å². The van der Waals surface area contributed by atoms with Crippen LogP contribution in [0.3, 0.4) is 0 Å². The van der Waals surface area contributed by atoms with E-state index in [0.29, 0.717) is 0 Å². The van der Waals surface area contributed by atoms with Crippen LogP contribution in [-0.2, 0) is 17.4 Å². The summed E-state index contributed by atoms with van der Waals surface area (Å²) < 4.78 is 0. The molecule has 0 aliphatic heterocycles. The molecule has 0 radical (unpaired) electrons. The fourth-order valence-electron chi connectivity index (χ4n) is 0. The molecule has 0 aromatic rings. The van der Waals surface area contributed by atoms with Gasteiger partial charge in [0.25, 0.3) is 0 Å². The second-order valence-corrected chi connectivity index (χ2v) is 3.33. The zero-order valence-electron chi connectivity index (χ0n) is 7.47. The van der Waals surface area contributed by atoms with Gasteiger partial charge in [0.2, 0.25) is 0 Å². The molecule has 0 saturated carbocycles. The van der Waals surface area contributed by atoms with Crippen molar-refractivity contribution in [2.75, 3.05) is 0 Å². The van der Waals surface area contributed by atoms with Gasteiger partial charge < -0.3 is 15.3 Å². The minimum atomic E-state index is 0. The Labute approximate surface area is 105 Å². The maximum atomic E-state index is 7.79. The second kappa shape index (κ2) is 18.1. The van der Waals surface area contributed by atoms with Gasteiger partial charge in [-0.1, -0.05) is 0 Å². The molecule has 0 spiro atoms. The summed E-state index contributed by atoms with van der Waals surface area (Å²) >= 11 is 12.3. The van der Waals surface area contributed by atoms with Gasteiger partial charge in [-0.25, -0.2) is 0 Å². The van der Waals surface area contributed by atoms with Gasteiger partial charge in [0.1, 0.15) is 0 Å². The molecular formula is C6H12CrO3S3. The van der Waals surface area contributed by atoms with Crippen LogP contribution in [0.1, 0.15) is 20.8 Å². The van der Waals surface area contributed by atoms with Crippen LogP contribution in [0.15, 0.2) is 0 Å². The second-order valence-electron chi connectivity index (χ2n) is 1.56. The molecule has 13 heavy (non-hydrogen) atoms. The summed E-state index contributed by atoms with van der Waals surface area (Å²) in [7, 11) is 0. The third kappa shape index (κ3) is 31000. The Balaban J connectivity index is -0.0000000450. The van der Waals surface area contributed by atoms with Crippen molar-refractivity contribution < 1.29 is 32.7 Å². The fourth-order valence-corrected chi connectivity index (χ4v) is 0. The summed E-state index contributed by atoms with van der Waals surface area (Å²) in [4.78, 5) is 0. The number of hydrogen-bond donors (Lipinski definition) is 3. The van der Waals surface area contributed by atoms with Crippen molar-refractivity contribution in [1.29, 1.82) is 0 Å². The Morgan fingerprint density at radius 2 is 0.692 bits per heavy atom. The average Bonchev–Trinajstić information content (AvgIpc) is 1.54. The summed E-state index contributed by atoms with van der Waals surface area (Å²) in [6.07, 6.45) is 0. The summed E-state index contributed by atoms with van der Waals surface area (Å²) in [5.74, 6) is 0. The topological polar surface area (TPSA) is 60.7 Å². The largest absolute Gasteiger partial charge is 0.502 e. The molecule has 0 saturated heterocycles. The summed E-state index contributed by atoms with van der Waals surface area (Å²) in [6.45, 7) is 4.36. The molecule has 0 heterocycles. The Morgan fingerprint density at radius 1 is 0.692 bits per heavy atom. The zero-order valence-corrected chi connectivity index (χ0v) is 11.2. The van der Waals surface area contributed by atoms with Gasteiger partial charge >= 0.3 is 0 Å². The van der Waals surface area contributed by atoms with Gasteiger partial charge in [-0.15, -0.1) is 0 Å².